The highest BCUT2D eigenvalue weighted by Crippen LogP contribution is 2.31. The number of nitro groups is 1. The van der Waals surface area contributed by atoms with Gasteiger partial charge in [-0.25, -0.2) is 18.0 Å². The summed E-state index contributed by atoms with van der Waals surface area (Å²) >= 11 is 0. The SMILES string of the molecule is COC(=O)c1ccc(S(=O)(=O)N(CCCNC(=O)OC(C)(C)C)CCCc2c3ccccc3cc3ccccc23)c([N+](=O)[O-])c1. The summed E-state index contributed by atoms with van der Waals surface area (Å²) in [5.41, 5.74) is -0.476. The largest absolute Gasteiger partial charge is 0.465 e. The van der Waals surface area contributed by atoms with Crippen molar-refractivity contribution < 1.29 is 32.4 Å². The predicted octanol–water partition coefficient (Wildman–Crippen LogP) is 6.23. The normalized spacial score (nSPS) is 11.9. The number of aryl methyl sites for hydroxylation is 1. The van der Waals surface area contributed by atoms with Gasteiger partial charge < -0.3 is 14.8 Å². The van der Waals surface area contributed by atoms with Gasteiger partial charge in [-0.05, 0) is 85.3 Å². The van der Waals surface area contributed by atoms with Gasteiger partial charge in [0.1, 0.15) is 5.60 Å². The number of nitro benzene ring substituents is 1. The number of alkyl carbamates (subject to hydrolysis) is 1. The maximum Gasteiger partial charge on any atom is 0.407 e. The quantitative estimate of drug-likeness (QED) is 0.0634. The molecular weight excluding hydrogens is 598 g/mol. The molecule has 4 rings (SSSR count). The van der Waals surface area contributed by atoms with E-state index >= 15 is 0 Å². The van der Waals surface area contributed by atoms with Crippen molar-refractivity contribution >= 4 is 49.3 Å². The van der Waals surface area contributed by atoms with Gasteiger partial charge in [0, 0.05) is 25.7 Å². The van der Waals surface area contributed by atoms with Gasteiger partial charge >= 0.3 is 12.1 Å². The number of benzene rings is 4. The molecule has 1 amide bonds. The van der Waals surface area contributed by atoms with E-state index in [1.54, 1.807) is 20.8 Å². The number of methoxy groups -OCH3 is 1. The van der Waals surface area contributed by atoms with Crippen LogP contribution in [0.25, 0.3) is 21.5 Å². The van der Waals surface area contributed by atoms with Crippen molar-refractivity contribution in [3.05, 3.63) is 94.0 Å². The summed E-state index contributed by atoms with van der Waals surface area (Å²) in [5.74, 6) is -0.825. The Hall–Kier alpha value is -4.55. The number of ether oxygens (including phenoxy) is 2. The summed E-state index contributed by atoms with van der Waals surface area (Å²) in [6, 6.07) is 21.3. The van der Waals surface area contributed by atoms with Crippen LogP contribution in [-0.4, -0.2) is 62.1 Å². The van der Waals surface area contributed by atoms with Crippen molar-refractivity contribution in [2.45, 2.75) is 50.5 Å². The van der Waals surface area contributed by atoms with Crippen LogP contribution in [0.4, 0.5) is 10.5 Å². The number of nitrogens with one attached hydrogen (secondary N) is 1. The van der Waals surface area contributed by atoms with Gasteiger partial charge in [-0.3, -0.25) is 10.1 Å². The van der Waals surface area contributed by atoms with Gasteiger partial charge in [0.15, 0.2) is 4.90 Å². The number of amides is 1. The van der Waals surface area contributed by atoms with E-state index in [1.165, 1.54) is 10.4 Å². The van der Waals surface area contributed by atoms with Crippen molar-refractivity contribution in [3.8, 4) is 0 Å². The second-order valence-electron chi connectivity index (χ2n) is 11.5. The predicted molar refractivity (Wildman–Crippen MR) is 172 cm³/mol. The van der Waals surface area contributed by atoms with Crippen molar-refractivity contribution in [1.29, 1.82) is 0 Å². The number of fused-ring (bicyclic) bond motifs is 2. The molecule has 0 unspecified atom stereocenters. The second-order valence-corrected chi connectivity index (χ2v) is 13.4. The number of nitrogens with zero attached hydrogens (tertiary/aromatic N) is 2. The zero-order chi connectivity index (χ0) is 32.8. The first-order valence-electron chi connectivity index (χ1n) is 14.5. The molecule has 238 valence electrons. The van der Waals surface area contributed by atoms with E-state index in [-0.39, 0.29) is 31.6 Å². The monoisotopic (exact) mass is 635 g/mol. The molecule has 0 saturated heterocycles. The zero-order valence-electron chi connectivity index (χ0n) is 25.7. The minimum absolute atomic E-state index is 0.0235. The number of carbonyl (C=O) groups is 2. The first-order chi connectivity index (χ1) is 21.3. The standard InChI is InChI=1S/C33H37N3O8S/c1-33(2,3)44-32(38)34-18-10-20-35(45(41,42)30-17-16-25(31(37)43-4)22-29(30)36(39)40)19-9-15-28-26-13-7-5-11-23(26)21-24-12-6-8-14-27(24)28/h5-8,11-14,16-17,21-22H,9-10,15,18-20H2,1-4H3,(H,34,38). The Morgan fingerprint density at radius 1 is 0.911 bits per heavy atom. The third-order valence-corrected chi connectivity index (χ3v) is 9.11. The van der Waals surface area contributed by atoms with Gasteiger partial charge in [0.25, 0.3) is 5.69 Å². The molecule has 0 spiro atoms. The molecule has 0 aliphatic rings. The van der Waals surface area contributed by atoms with Gasteiger partial charge in [0.05, 0.1) is 17.6 Å². The lowest BCUT2D eigenvalue weighted by Gasteiger charge is -2.23. The van der Waals surface area contributed by atoms with Crippen LogP contribution in [0.1, 0.15) is 49.5 Å². The molecule has 0 aromatic heterocycles. The Morgan fingerprint density at radius 2 is 1.51 bits per heavy atom. The third-order valence-electron chi connectivity index (χ3n) is 7.16. The lowest BCUT2D eigenvalue weighted by Crippen LogP contribution is -2.37. The molecular formula is C33H37N3O8S. The minimum Gasteiger partial charge on any atom is -0.465 e. The van der Waals surface area contributed by atoms with Crippen LogP contribution in [0.2, 0.25) is 0 Å². The van der Waals surface area contributed by atoms with Crippen LogP contribution >= 0.6 is 0 Å². The van der Waals surface area contributed by atoms with E-state index in [1.807, 2.05) is 48.5 Å². The fraction of sp³-hybridized carbons (Fsp3) is 0.333. The topological polar surface area (TPSA) is 145 Å². The Bertz CT molecular complexity index is 1780. The summed E-state index contributed by atoms with van der Waals surface area (Å²) < 4.78 is 39.1. The highest BCUT2D eigenvalue weighted by Gasteiger charge is 2.32. The maximum atomic E-state index is 14.0. The van der Waals surface area contributed by atoms with E-state index in [4.69, 9.17) is 4.74 Å². The van der Waals surface area contributed by atoms with Gasteiger partial charge in [0.2, 0.25) is 10.0 Å². The number of hydrogen-bond acceptors (Lipinski definition) is 8. The Labute approximate surface area is 262 Å². The molecule has 12 heteroatoms. The van der Waals surface area contributed by atoms with Crippen LogP contribution in [-0.2, 0) is 25.9 Å². The third kappa shape index (κ3) is 8.14. The van der Waals surface area contributed by atoms with Crippen molar-refractivity contribution in [2.75, 3.05) is 26.7 Å². The summed E-state index contributed by atoms with van der Waals surface area (Å²) in [6.45, 7) is 5.36. The van der Waals surface area contributed by atoms with Crippen molar-refractivity contribution in [1.82, 2.24) is 9.62 Å². The molecule has 11 nitrogen and oxygen atoms in total. The molecule has 1 N–H and O–H groups in total. The van der Waals surface area contributed by atoms with E-state index in [9.17, 15) is 28.1 Å². The van der Waals surface area contributed by atoms with E-state index < -0.39 is 43.2 Å². The first-order valence-corrected chi connectivity index (χ1v) is 16.0. The Kier molecular flexibility index (Phi) is 10.4. The van der Waals surface area contributed by atoms with E-state index in [0.29, 0.717) is 12.8 Å². The average Bonchev–Trinajstić information content (AvgIpc) is 2.99. The fourth-order valence-corrected chi connectivity index (χ4v) is 6.84. The number of sulfonamides is 1. The van der Waals surface area contributed by atoms with Crippen LogP contribution in [0.3, 0.4) is 0 Å². The minimum atomic E-state index is -4.40. The molecule has 0 fully saturated rings. The number of rotatable bonds is 12. The Morgan fingerprint density at radius 3 is 2.09 bits per heavy atom. The van der Waals surface area contributed by atoms with Gasteiger partial charge in [-0.15, -0.1) is 0 Å². The van der Waals surface area contributed by atoms with Crippen LogP contribution in [0.15, 0.2) is 77.7 Å². The summed E-state index contributed by atoms with van der Waals surface area (Å²) in [4.78, 5) is 34.7. The molecule has 0 saturated carbocycles. The Balaban J connectivity index is 1.62. The molecule has 4 aromatic carbocycles. The van der Waals surface area contributed by atoms with Gasteiger partial charge in [-0.1, -0.05) is 48.5 Å². The fourth-order valence-electron chi connectivity index (χ4n) is 5.18. The smallest absolute Gasteiger partial charge is 0.407 e. The molecule has 0 bridgehead atoms. The number of carbonyl (C=O) groups excluding carboxylic acids is 2. The zero-order valence-corrected chi connectivity index (χ0v) is 26.6. The van der Waals surface area contributed by atoms with Crippen LogP contribution < -0.4 is 5.32 Å². The first kappa shape index (κ1) is 33.3. The molecule has 0 atom stereocenters. The molecule has 0 aliphatic heterocycles. The van der Waals surface area contributed by atoms with Gasteiger partial charge in [-0.2, -0.15) is 4.31 Å². The molecule has 0 heterocycles. The second kappa shape index (κ2) is 14.0. The number of esters is 1. The summed E-state index contributed by atoms with van der Waals surface area (Å²) in [5, 5.41) is 18.9. The summed E-state index contributed by atoms with van der Waals surface area (Å²) in [7, 11) is -3.27. The van der Waals surface area contributed by atoms with Crippen LogP contribution in [0, 0.1) is 10.1 Å². The van der Waals surface area contributed by atoms with Crippen LogP contribution in [0.5, 0.6) is 0 Å². The van der Waals surface area contributed by atoms with E-state index in [0.717, 1.165) is 46.4 Å². The lowest BCUT2D eigenvalue weighted by atomic mass is 9.94. The molecule has 0 aliphatic carbocycles. The van der Waals surface area contributed by atoms with E-state index in [2.05, 4.69) is 16.1 Å². The maximum absolute atomic E-state index is 14.0. The molecule has 4 aromatic rings. The van der Waals surface area contributed by atoms with Crippen molar-refractivity contribution in [2.24, 2.45) is 0 Å². The van der Waals surface area contributed by atoms with Crippen molar-refractivity contribution in [3.63, 3.8) is 0 Å². The molecule has 0 radical (unpaired) electrons. The average molecular weight is 636 g/mol. The highest BCUT2D eigenvalue weighted by molar-refractivity contribution is 7.89. The summed E-state index contributed by atoms with van der Waals surface area (Å²) in [6.07, 6.45) is 0.566. The number of hydrogen-bond donors (Lipinski definition) is 1. The molecule has 45 heavy (non-hydrogen) atoms. The highest BCUT2D eigenvalue weighted by atomic mass is 32.2. The lowest BCUT2D eigenvalue weighted by molar-refractivity contribution is -0.387.